The summed E-state index contributed by atoms with van der Waals surface area (Å²) < 4.78 is 0. The van der Waals surface area contributed by atoms with Crippen LogP contribution >= 0.6 is 0 Å². The second-order valence-electron chi connectivity index (χ2n) is 3.01. The van der Waals surface area contributed by atoms with E-state index in [9.17, 15) is 0 Å². The molecule has 0 aliphatic heterocycles. The Kier molecular flexibility index (Phi) is 2.16. The van der Waals surface area contributed by atoms with Crippen molar-refractivity contribution in [2.45, 2.75) is 25.7 Å². The Hall–Kier alpha value is -1.18. The molecule has 0 spiro atoms. The molecule has 0 saturated carbocycles. The molecule has 0 saturated heterocycles. The summed E-state index contributed by atoms with van der Waals surface area (Å²) in [6.07, 6.45) is 13.7. The minimum absolute atomic E-state index is 1.06. The lowest BCUT2D eigenvalue weighted by atomic mass is 10.00. The van der Waals surface area contributed by atoms with Gasteiger partial charge < -0.3 is 0 Å². The van der Waals surface area contributed by atoms with E-state index in [0.29, 0.717) is 0 Å². The van der Waals surface area contributed by atoms with Crippen LogP contribution in [-0.2, 0) is 12.8 Å². The molecule has 0 atom stereocenters. The Bertz CT molecular complexity index is 263. The third-order valence-corrected chi connectivity index (χ3v) is 2.15. The average molecular weight is 159 g/mol. The van der Waals surface area contributed by atoms with Gasteiger partial charge in [0.05, 0.1) is 6.20 Å². The topological polar surface area (TPSA) is 25.8 Å². The van der Waals surface area contributed by atoms with Gasteiger partial charge in [-0.15, -0.1) is 5.10 Å². The molecule has 2 heteroatoms. The molecule has 0 unspecified atom stereocenters. The van der Waals surface area contributed by atoms with Crippen molar-refractivity contribution in [3.05, 3.63) is 35.7 Å². The van der Waals surface area contributed by atoms with Gasteiger partial charge in [-0.3, -0.25) is 0 Å². The maximum atomic E-state index is 3.84. The molecule has 12 heavy (non-hydrogen) atoms. The van der Waals surface area contributed by atoms with Crippen LogP contribution in [0.25, 0.3) is 0 Å². The van der Waals surface area contributed by atoms with Crippen LogP contribution in [0.4, 0.5) is 0 Å². The van der Waals surface area contributed by atoms with E-state index >= 15 is 0 Å². The smallest absolute Gasteiger partial charge is 0.117 e. The first-order valence-electron chi connectivity index (χ1n) is 4.33. The van der Waals surface area contributed by atoms with Crippen molar-refractivity contribution >= 4 is 0 Å². The van der Waals surface area contributed by atoms with Gasteiger partial charge in [-0.1, -0.05) is 12.2 Å². The van der Waals surface area contributed by atoms with Gasteiger partial charge in [-0.25, -0.2) is 0 Å². The van der Waals surface area contributed by atoms with Gasteiger partial charge >= 0.3 is 0 Å². The van der Waals surface area contributed by atoms with Crippen LogP contribution in [0, 0.1) is 6.20 Å². The Labute approximate surface area is 72.3 Å². The predicted octanol–water partition coefficient (Wildman–Crippen LogP) is 1.71. The zero-order valence-corrected chi connectivity index (χ0v) is 6.95. The van der Waals surface area contributed by atoms with Crippen molar-refractivity contribution < 1.29 is 0 Å². The van der Waals surface area contributed by atoms with E-state index in [4.69, 9.17) is 0 Å². The molecule has 0 N–H and O–H groups in total. The summed E-state index contributed by atoms with van der Waals surface area (Å²) in [6, 6.07) is 0. The van der Waals surface area contributed by atoms with Gasteiger partial charge in [0.25, 0.3) is 0 Å². The molecule has 0 amide bonds. The normalized spacial score (nSPS) is 19.0. The van der Waals surface area contributed by atoms with Crippen LogP contribution in [0.5, 0.6) is 0 Å². The maximum Gasteiger partial charge on any atom is 0.117 e. The molecular formula is C10H11N2. The molecule has 1 aromatic heterocycles. The van der Waals surface area contributed by atoms with Crippen molar-refractivity contribution in [3.63, 3.8) is 0 Å². The first kappa shape index (κ1) is 7.47. The first-order valence-corrected chi connectivity index (χ1v) is 4.33. The van der Waals surface area contributed by atoms with E-state index in [1.54, 1.807) is 0 Å². The number of aromatic nitrogens is 2. The van der Waals surface area contributed by atoms with Crippen LogP contribution in [0.3, 0.4) is 0 Å². The average Bonchev–Trinajstić information content (AvgIpc) is 2.06. The van der Waals surface area contributed by atoms with Gasteiger partial charge in [0.1, 0.15) is 6.20 Å². The minimum atomic E-state index is 1.06. The zero-order chi connectivity index (χ0) is 8.23. The predicted molar refractivity (Wildman–Crippen MR) is 46.7 cm³/mol. The molecule has 61 valence electrons. The molecular weight excluding hydrogens is 148 g/mol. The van der Waals surface area contributed by atoms with E-state index in [0.717, 1.165) is 25.7 Å². The maximum absolute atomic E-state index is 3.84. The molecule has 0 bridgehead atoms. The Morgan fingerprint density at radius 1 is 1.17 bits per heavy atom. The van der Waals surface area contributed by atoms with E-state index in [2.05, 4.69) is 28.5 Å². The fourth-order valence-electron chi connectivity index (χ4n) is 1.47. The van der Waals surface area contributed by atoms with Gasteiger partial charge in [0, 0.05) is 0 Å². The highest BCUT2D eigenvalue weighted by Gasteiger charge is 2.03. The highest BCUT2D eigenvalue weighted by atomic mass is 15.1. The Morgan fingerprint density at radius 2 is 2.00 bits per heavy atom. The minimum Gasteiger partial charge on any atom is -0.158 e. The third kappa shape index (κ3) is 1.52. The summed E-state index contributed by atoms with van der Waals surface area (Å²) in [5, 5.41) is 7.61. The van der Waals surface area contributed by atoms with Crippen molar-refractivity contribution in [1.82, 2.24) is 10.2 Å². The van der Waals surface area contributed by atoms with Gasteiger partial charge in [0.2, 0.25) is 0 Å². The Morgan fingerprint density at radius 3 is 2.92 bits per heavy atom. The van der Waals surface area contributed by atoms with Crippen LogP contribution < -0.4 is 0 Å². The zero-order valence-electron chi connectivity index (χ0n) is 6.95. The molecule has 1 aromatic rings. The highest BCUT2D eigenvalue weighted by molar-refractivity contribution is 5.22. The lowest BCUT2D eigenvalue weighted by Crippen LogP contribution is -1.99. The SMILES string of the molecule is [c]1nncc2c1CC/C=C\CC2. The summed E-state index contributed by atoms with van der Waals surface area (Å²) in [7, 11) is 0. The molecule has 1 radical (unpaired) electrons. The van der Waals surface area contributed by atoms with Crippen molar-refractivity contribution in [1.29, 1.82) is 0 Å². The van der Waals surface area contributed by atoms with Crippen molar-refractivity contribution in [2.75, 3.05) is 0 Å². The molecule has 2 rings (SSSR count). The second-order valence-corrected chi connectivity index (χ2v) is 3.01. The van der Waals surface area contributed by atoms with E-state index in [-0.39, 0.29) is 0 Å². The van der Waals surface area contributed by atoms with Crippen molar-refractivity contribution in [3.8, 4) is 0 Å². The lowest BCUT2D eigenvalue weighted by Gasteiger charge is -2.07. The quantitative estimate of drug-likeness (QED) is 0.538. The van der Waals surface area contributed by atoms with Crippen LogP contribution in [0.2, 0.25) is 0 Å². The van der Waals surface area contributed by atoms with Gasteiger partial charge in [-0.2, -0.15) is 5.10 Å². The van der Waals surface area contributed by atoms with Crippen LogP contribution in [-0.4, -0.2) is 10.2 Å². The van der Waals surface area contributed by atoms with E-state index < -0.39 is 0 Å². The molecule has 2 nitrogen and oxygen atoms in total. The van der Waals surface area contributed by atoms with Gasteiger partial charge in [-0.05, 0) is 36.8 Å². The number of rotatable bonds is 0. The largest absolute Gasteiger partial charge is 0.158 e. The first-order chi connectivity index (χ1) is 5.97. The highest BCUT2D eigenvalue weighted by Crippen LogP contribution is 2.13. The summed E-state index contributed by atoms with van der Waals surface area (Å²) in [6.45, 7) is 0. The van der Waals surface area contributed by atoms with E-state index in [1.165, 1.54) is 11.1 Å². The number of hydrogen-bond acceptors (Lipinski definition) is 2. The summed E-state index contributed by atoms with van der Waals surface area (Å²) >= 11 is 0. The fourth-order valence-corrected chi connectivity index (χ4v) is 1.47. The van der Waals surface area contributed by atoms with Gasteiger partial charge in [0.15, 0.2) is 0 Å². The third-order valence-electron chi connectivity index (χ3n) is 2.15. The lowest BCUT2D eigenvalue weighted by molar-refractivity contribution is 0.847. The van der Waals surface area contributed by atoms with Crippen LogP contribution in [0.1, 0.15) is 24.0 Å². The van der Waals surface area contributed by atoms with E-state index in [1.807, 2.05) is 6.20 Å². The summed E-state index contributed by atoms with van der Waals surface area (Å²) in [5.41, 5.74) is 2.56. The number of nitrogens with zero attached hydrogens (tertiary/aromatic N) is 2. The molecule has 0 aromatic carbocycles. The number of hydrogen-bond donors (Lipinski definition) is 0. The number of aryl methyl sites for hydroxylation is 2. The van der Waals surface area contributed by atoms with Crippen molar-refractivity contribution in [2.24, 2.45) is 0 Å². The number of allylic oxidation sites excluding steroid dienone is 2. The second kappa shape index (κ2) is 3.48. The summed E-state index contributed by atoms with van der Waals surface area (Å²) in [4.78, 5) is 0. The molecule has 1 aliphatic carbocycles. The summed E-state index contributed by atoms with van der Waals surface area (Å²) in [5.74, 6) is 0. The molecule has 1 heterocycles. The molecule has 0 fully saturated rings. The Balaban J connectivity index is 2.29. The monoisotopic (exact) mass is 159 g/mol. The number of fused-ring (bicyclic) bond motifs is 1. The van der Waals surface area contributed by atoms with Crippen LogP contribution in [0.15, 0.2) is 18.3 Å². The molecule has 1 aliphatic rings. The standard InChI is InChI=1S/C10H11N2/c1-2-4-6-10-8-12-11-7-9(10)5-3-1/h1-2,7H,3-6H2/b2-1-. The fraction of sp³-hybridized carbons (Fsp3) is 0.400.